The molecule has 0 aliphatic carbocycles. The Morgan fingerprint density at radius 2 is 1.83 bits per heavy atom. The number of amides is 1. The molecule has 1 amide bonds. The Morgan fingerprint density at radius 3 is 2.51 bits per heavy atom. The molecule has 0 atom stereocenters. The van der Waals surface area contributed by atoms with Crippen LogP contribution in [0.4, 0.5) is 4.39 Å². The summed E-state index contributed by atoms with van der Waals surface area (Å²) in [6, 6.07) is 15.0. The minimum Gasteiger partial charge on any atom is -0.387 e. The number of nitrogens with one attached hydrogen (secondary N) is 2. The summed E-state index contributed by atoms with van der Waals surface area (Å²) >= 11 is 0. The summed E-state index contributed by atoms with van der Waals surface area (Å²) < 4.78 is 12.1. The van der Waals surface area contributed by atoms with Gasteiger partial charge >= 0.3 is 0 Å². The number of likely N-dealkylation sites (N-methyl/N-ethyl adjacent to an activating group) is 1. The van der Waals surface area contributed by atoms with E-state index in [9.17, 15) is 9.18 Å². The van der Waals surface area contributed by atoms with Crippen LogP contribution in [-0.2, 0) is 4.79 Å². The zero-order valence-electron chi connectivity index (χ0n) is 21.1. The molecule has 5 nitrogen and oxygen atoms in total. The molecule has 0 saturated carbocycles. The number of rotatable bonds is 10. The maximum Gasteiger partial charge on any atom is 0.210 e. The lowest BCUT2D eigenvalue weighted by Crippen LogP contribution is -2.36. The van der Waals surface area contributed by atoms with Gasteiger partial charge in [0.1, 0.15) is 5.82 Å². The molecule has 35 heavy (non-hydrogen) atoms. The smallest absolute Gasteiger partial charge is 0.210 e. The highest BCUT2D eigenvalue weighted by Gasteiger charge is 2.12. The van der Waals surface area contributed by atoms with Crippen molar-refractivity contribution in [3.05, 3.63) is 89.5 Å². The van der Waals surface area contributed by atoms with Crippen molar-refractivity contribution in [3.8, 4) is 0 Å². The van der Waals surface area contributed by atoms with E-state index in [1.54, 1.807) is 12.1 Å². The van der Waals surface area contributed by atoms with E-state index < -0.39 is 0 Å². The van der Waals surface area contributed by atoms with Crippen LogP contribution in [0.3, 0.4) is 0 Å². The molecule has 0 saturated heterocycles. The number of hydrogen-bond donors (Lipinski definition) is 2. The third-order valence-corrected chi connectivity index (χ3v) is 6.10. The van der Waals surface area contributed by atoms with E-state index in [2.05, 4.69) is 59.4 Å². The maximum atomic E-state index is 12.1. The van der Waals surface area contributed by atoms with Crippen molar-refractivity contribution in [2.24, 2.45) is 0 Å². The Bertz CT molecular complexity index is 1110. The highest BCUT2D eigenvalue weighted by molar-refractivity contribution is 5.85. The fourth-order valence-corrected chi connectivity index (χ4v) is 4.09. The molecule has 1 aliphatic heterocycles. The molecule has 6 heteroatoms. The minimum atomic E-state index is -0.171. The standard InChI is InChI=1S/C22H30N4O.C7H7F/c1-3-9-25(4-2)10-11-26(17-27)16-18-12-21(15-23-14-18)19-5-6-22-20(13-19)7-8-24-22;1-6-2-4-7(8)5-3-6/h5-8,12-14,17,23-24H,3-4,9-11,15-16H2,1-2H3;2-5H,1H3. The summed E-state index contributed by atoms with van der Waals surface area (Å²) in [6.45, 7) is 11.5. The van der Waals surface area contributed by atoms with Crippen molar-refractivity contribution in [1.29, 1.82) is 0 Å². The molecule has 0 unspecified atom stereocenters. The zero-order valence-corrected chi connectivity index (χ0v) is 21.1. The lowest BCUT2D eigenvalue weighted by atomic mass is 9.99. The predicted molar refractivity (Wildman–Crippen MR) is 144 cm³/mol. The van der Waals surface area contributed by atoms with Crippen LogP contribution in [0.15, 0.2) is 72.6 Å². The predicted octanol–water partition coefficient (Wildman–Crippen LogP) is 5.36. The average molecular weight is 477 g/mol. The Labute approximate surface area is 208 Å². The van der Waals surface area contributed by atoms with E-state index >= 15 is 0 Å². The molecular weight excluding hydrogens is 439 g/mol. The van der Waals surface area contributed by atoms with Gasteiger partial charge < -0.3 is 20.1 Å². The van der Waals surface area contributed by atoms with Gasteiger partial charge in [0, 0.05) is 44.1 Å². The summed E-state index contributed by atoms with van der Waals surface area (Å²) in [5.41, 5.74) is 5.85. The van der Waals surface area contributed by atoms with Gasteiger partial charge in [0.15, 0.2) is 0 Å². The van der Waals surface area contributed by atoms with E-state index in [-0.39, 0.29) is 5.82 Å². The lowest BCUT2D eigenvalue weighted by molar-refractivity contribution is -0.118. The first-order valence-electron chi connectivity index (χ1n) is 12.4. The van der Waals surface area contributed by atoms with Crippen LogP contribution in [0.5, 0.6) is 0 Å². The van der Waals surface area contributed by atoms with Crippen molar-refractivity contribution in [3.63, 3.8) is 0 Å². The van der Waals surface area contributed by atoms with Crippen LogP contribution >= 0.6 is 0 Å². The quantitative estimate of drug-likeness (QED) is 0.387. The van der Waals surface area contributed by atoms with Crippen LogP contribution < -0.4 is 5.32 Å². The third-order valence-electron chi connectivity index (χ3n) is 6.10. The number of H-pyrrole nitrogens is 1. The lowest BCUT2D eigenvalue weighted by Gasteiger charge is -2.25. The average Bonchev–Trinajstić information content (AvgIpc) is 3.36. The Morgan fingerprint density at radius 1 is 1.03 bits per heavy atom. The van der Waals surface area contributed by atoms with Crippen LogP contribution in [0.1, 0.15) is 31.4 Å². The van der Waals surface area contributed by atoms with Gasteiger partial charge in [-0.25, -0.2) is 4.39 Å². The third kappa shape index (κ3) is 8.11. The SMILES string of the molecule is CCCN(CC)CCN(C=O)CC1=CNCC(c2ccc3[nH]ccc3c2)=C1.Cc1ccc(F)cc1. The summed E-state index contributed by atoms with van der Waals surface area (Å²) in [6.07, 6.45) is 8.31. The molecule has 3 aromatic rings. The number of benzene rings is 2. The van der Waals surface area contributed by atoms with Gasteiger partial charge in [-0.2, -0.15) is 0 Å². The monoisotopic (exact) mass is 476 g/mol. The first kappa shape index (κ1) is 26.2. The fraction of sp³-hybridized carbons (Fsp3) is 0.345. The van der Waals surface area contributed by atoms with Gasteiger partial charge in [-0.15, -0.1) is 0 Å². The molecule has 2 heterocycles. The number of aromatic amines is 1. The molecule has 1 aromatic heterocycles. The second-order valence-electron chi connectivity index (χ2n) is 8.86. The van der Waals surface area contributed by atoms with Gasteiger partial charge in [0.2, 0.25) is 6.41 Å². The van der Waals surface area contributed by atoms with E-state index in [4.69, 9.17) is 0 Å². The number of fused-ring (bicyclic) bond motifs is 1. The van der Waals surface area contributed by atoms with Gasteiger partial charge in [0.05, 0.1) is 0 Å². The molecule has 0 radical (unpaired) electrons. The van der Waals surface area contributed by atoms with Gasteiger partial charge in [0.25, 0.3) is 0 Å². The van der Waals surface area contributed by atoms with Crippen LogP contribution in [0.2, 0.25) is 0 Å². The Kier molecular flexibility index (Phi) is 10.1. The number of dihydropyridines is 1. The van der Waals surface area contributed by atoms with Gasteiger partial charge in [-0.3, -0.25) is 4.79 Å². The number of carbonyl (C=O) groups excluding carboxylic acids is 1. The van der Waals surface area contributed by atoms with Crippen molar-refractivity contribution in [2.75, 3.05) is 39.3 Å². The topological polar surface area (TPSA) is 51.4 Å². The van der Waals surface area contributed by atoms with Gasteiger partial charge in [-0.05, 0) is 78.9 Å². The molecule has 186 valence electrons. The highest BCUT2D eigenvalue weighted by atomic mass is 19.1. The molecule has 0 bridgehead atoms. The first-order chi connectivity index (χ1) is 17.0. The maximum absolute atomic E-state index is 12.1. The minimum absolute atomic E-state index is 0.171. The summed E-state index contributed by atoms with van der Waals surface area (Å²) in [5.74, 6) is -0.171. The Hall–Kier alpha value is -3.38. The largest absolute Gasteiger partial charge is 0.387 e. The van der Waals surface area contributed by atoms with Crippen molar-refractivity contribution < 1.29 is 9.18 Å². The number of aromatic nitrogens is 1. The number of nitrogens with zero attached hydrogens (tertiary/aromatic N) is 2. The molecule has 0 fully saturated rings. The highest BCUT2D eigenvalue weighted by Crippen LogP contribution is 2.23. The summed E-state index contributed by atoms with van der Waals surface area (Å²) in [5, 5.41) is 4.58. The fourth-order valence-electron chi connectivity index (χ4n) is 4.09. The number of aryl methyl sites for hydroxylation is 1. The normalized spacial score (nSPS) is 12.9. The number of hydrogen-bond acceptors (Lipinski definition) is 3. The Balaban J connectivity index is 0.000000363. The molecule has 0 spiro atoms. The molecule has 2 N–H and O–H groups in total. The van der Waals surface area contributed by atoms with E-state index in [0.717, 1.165) is 62.2 Å². The van der Waals surface area contributed by atoms with E-state index in [0.29, 0.717) is 6.54 Å². The first-order valence-corrected chi connectivity index (χ1v) is 12.4. The van der Waals surface area contributed by atoms with Crippen LogP contribution in [0.25, 0.3) is 16.5 Å². The number of halogens is 1. The van der Waals surface area contributed by atoms with Crippen molar-refractivity contribution in [2.45, 2.75) is 27.2 Å². The zero-order chi connectivity index (χ0) is 25.0. The molecule has 1 aliphatic rings. The van der Waals surface area contributed by atoms with Gasteiger partial charge in [-0.1, -0.05) is 43.7 Å². The van der Waals surface area contributed by atoms with E-state index in [1.807, 2.05) is 24.2 Å². The van der Waals surface area contributed by atoms with Crippen molar-refractivity contribution in [1.82, 2.24) is 20.1 Å². The van der Waals surface area contributed by atoms with E-state index in [1.165, 1.54) is 28.7 Å². The molecular formula is C29H37FN4O. The van der Waals surface area contributed by atoms with Crippen molar-refractivity contribution >= 4 is 22.9 Å². The number of carbonyl (C=O) groups is 1. The molecule has 4 rings (SSSR count). The summed E-state index contributed by atoms with van der Waals surface area (Å²) in [7, 11) is 0. The van der Waals surface area contributed by atoms with Crippen LogP contribution in [0, 0.1) is 12.7 Å². The van der Waals surface area contributed by atoms with Crippen LogP contribution in [-0.4, -0.2) is 60.5 Å². The molecule has 2 aromatic carbocycles. The second-order valence-corrected chi connectivity index (χ2v) is 8.86. The second kappa shape index (κ2) is 13.5. The summed E-state index contributed by atoms with van der Waals surface area (Å²) in [4.78, 5) is 19.0.